The number of carbonyl (C=O) groups excluding carboxylic acids is 2. The molecule has 0 saturated heterocycles. The van der Waals surface area contributed by atoms with Gasteiger partial charge in [-0.15, -0.1) is 0 Å². The number of rotatable bonds is 8. The second-order valence-electron chi connectivity index (χ2n) is 5.84. The van der Waals surface area contributed by atoms with E-state index in [-0.39, 0.29) is 29.5 Å². The van der Waals surface area contributed by atoms with E-state index in [1.54, 1.807) is 32.0 Å². The van der Waals surface area contributed by atoms with Crippen molar-refractivity contribution in [3.63, 3.8) is 0 Å². The van der Waals surface area contributed by atoms with Crippen LogP contribution in [0.3, 0.4) is 0 Å². The van der Waals surface area contributed by atoms with Crippen molar-refractivity contribution in [1.29, 1.82) is 5.26 Å². The topological polar surface area (TPSA) is 85.6 Å². The van der Waals surface area contributed by atoms with E-state index in [0.29, 0.717) is 17.7 Å². The van der Waals surface area contributed by atoms with E-state index in [2.05, 4.69) is 0 Å². The van der Waals surface area contributed by atoms with E-state index >= 15 is 0 Å². The van der Waals surface area contributed by atoms with E-state index in [0.717, 1.165) is 0 Å². The Labute approximate surface area is 173 Å². The van der Waals surface area contributed by atoms with Crippen LogP contribution in [0, 0.1) is 17.1 Å². The van der Waals surface area contributed by atoms with Crippen LogP contribution in [0.2, 0.25) is 0 Å². The van der Waals surface area contributed by atoms with Crippen molar-refractivity contribution in [2.45, 2.75) is 13.8 Å². The lowest BCUT2D eigenvalue weighted by molar-refractivity contribution is -0.138. The Hall–Kier alpha value is -3.92. The molecular formula is C23H20FNO5. The van der Waals surface area contributed by atoms with Gasteiger partial charge in [-0.1, -0.05) is 18.2 Å². The lowest BCUT2D eigenvalue weighted by Gasteiger charge is -2.10. The normalized spacial score (nSPS) is 11.1. The summed E-state index contributed by atoms with van der Waals surface area (Å²) in [5.74, 6) is -1.28. The molecule has 30 heavy (non-hydrogen) atoms. The van der Waals surface area contributed by atoms with Crippen LogP contribution in [0.1, 0.15) is 25.0 Å². The van der Waals surface area contributed by atoms with Gasteiger partial charge in [-0.25, -0.2) is 14.0 Å². The highest BCUT2D eigenvalue weighted by Crippen LogP contribution is 2.29. The average Bonchev–Trinajstić information content (AvgIpc) is 2.73. The molecule has 2 rings (SSSR count). The SMILES string of the molecule is CCOC(=O)/C(C#N)=C/c1ccc(OC(=O)/C=C\c2ccc(F)cc2)c(OCC)c1. The minimum absolute atomic E-state index is 0.155. The first-order valence-corrected chi connectivity index (χ1v) is 9.18. The van der Waals surface area contributed by atoms with Crippen molar-refractivity contribution in [2.24, 2.45) is 0 Å². The summed E-state index contributed by atoms with van der Waals surface area (Å²) in [7, 11) is 0. The lowest BCUT2D eigenvalue weighted by atomic mass is 10.1. The van der Waals surface area contributed by atoms with Crippen molar-refractivity contribution in [2.75, 3.05) is 13.2 Å². The maximum absolute atomic E-state index is 12.9. The first-order valence-electron chi connectivity index (χ1n) is 9.18. The molecule has 0 bridgehead atoms. The minimum atomic E-state index is -0.723. The highest BCUT2D eigenvalue weighted by Gasteiger charge is 2.13. The molecule has 0 saturated carbocycles. The molecule has 2 aromatic rings. The predicted molar refractivity (Wildman–Crippen MR) is 109 cm³/mol. The summed E-state index contributed by atoms with van der Waals surface area (Å²) in [5, 5.41) is 9.15. The van der Waals surface area contributed by atoms with Crippen LogP contribution in [-0.2, 0) is 14.3 Å². The molecule has 0 amide bonds. The highest BCUT2D eigenvalue weighted by molar-refractivity contribution is 5.98. The van der Waals surface area contributed by atoms with Gasteiger partial charge in [0.05, 0.1) is 13.2 Å². The fourth-order valence-corrected chi connectivity index (χ4v) is 2.36. The second kappa shape index (κ2) is 11.2. The van der Waals surface area contributed by atoms with Crippen LogP contribution < -0.4 is 9.47 Å². The Morgan fingerprint density at radius 3 is 2.37 bits per heavy atom. The van der Waals surface area contributed by atoms with Gasteiger partial charge in [0.2, 0.25) is 0 Å². The molecule has 0 atom stereocenters. The first-order chi connectivity index (χ1) is 14.5. The van der Waals surface area contributed by atoms with E-state index in [9.17, 15) is 14.0 Å². The van der Waals surface area contributed by atoms with Crippen molar-refractivity contribution < 1.29 is 28.2 Å². The predicted octanol–water partition coefficient (Wildman–Crippen LogP) is 4.31. The molecule has 0 fully saturated rings. The lowest BCUT2D eigenvalue weighted by Crippen LogP contribution is -2.07. The number of carbonyl (C=O) groups is 2. The summed E-state index contributed by atoms with van der Waals surface area (Å²) in [6.07, 6.45) is 4.07. The number of ether oxygens (including phenoxy) is 3. The third-order valence-electron chi connectivity index (χ3n) is 3.69. The van der Waals surface area contributed by atoms with Gasteiger partial charge in [-0.2, -0.15) is 5.26 Å². The molecule has 2 aromatic carbocycles. The third-order valence-corrected chi connectivity index (χ3v) is 3.69. The van der Waals surface area contributed by atoms with Gasteiger partial charge in [0.25, 0.3) is 0 Å². The fraction of sp³-hybridized carbons (Fsp3) is 0.174. The maximum atomic E-state index is 12.9. The highest BCUT2D eigenvalue weighted by atomic mass is 19.1. The molecular weight excluding hydrogens is 389 g/mol. The zero-order valence-electron chi connectivity index (χ0n) is 16.6. The number of nitriles is 1. The summed E-state index contributed by atoms with van der Waals surface area (Å²) in [5.41, 5.74) is 0.984. The molecule has 6 nitrogen and oxygen atoms in total. The van der Waals surface area contributed by atoms with Crippen LogP contribution in [-0.4, -0.2) is 25.2 Å². The number of esters is 2. The first kappa shape index (κ1) is 22.4. The van der Waals surface area contributed by atoms with Gasteiger partial charge >= 0.3 is 11.9 Å². The largest absolute Gasteiger partial charge is 0.490 e. The van der Waals surface area contributed by atoms with Crippen LogP contribution in [0.25, 0.3) is 12.2 Å². The van der Waals surface area contributed by atoms with Gasteiger partial charge in [0.15, 0.2) is 11.5 Å². The Morgan fingerprint density at radius 1 is 1.03 bits per heavy atom. The Bertz CT molecular complexity index is 1000. The molecule has 154 valence electrons. The summed E-state index contributed by atoms with van der Waals surface area (Å²) < 4.78 is 28.6. The van der Waals surface area contributed by atoms with Gasteiger partial charge in [-0.3, -0.25) is 0 Å². The fourth-order valence-electron chi connectivity index (χ4n) is 2.36. The number of hydrogen-bond acceptors (Lipinski definition) is 6. The summed E-state index contributed by atoms with van der Waals surface area (Å²) in [6, 6.07) is 12.1. The van der Waals surface area contributed by atoms with Gasteiger partial charge < -0.3 is 14.2 Å². The van der Waals surface area contributed by atoms with Crippen molar-refractivity contribution in [1.82, 2.24) is 0 Å². The Balaban J connectivity index is 2.20. The molecule has 0 N–H and O–H groups in total. The van der Waals surface area contributed by atoms with E-state index in [1.165, 1.54) is 48.6 Å². The molecule has 7 heteroatoms. The van der Waals surface area contributed by atoms with Crippen LogP contribution in [0.5, 0.6) is 11.5 Å². The Morgan fingerprint density at radius 2 is 1.73 bits per heavy atom. The third kappa shape index (κ3) is 6.60. The summed E-state index contributed by atoms with van der Waals surface area (Å²) >= 11 is 0. The van der Waals surface area contributed by atoms with Crippen molar-refractivity contribution in [3.05, 3.63) is 71.1 Å². The minimum Gasteiger partial charge on any atom is -0.490 e. The molecule has 0 unspecified atom stereocenters. The van der Waals surface area contributed by atoms with Crippen LogP contribution >= 0.6 is 0 Å². The summed E-state index contributed by atoms with van der Waals surface area (Å²) in [4.78, 5) is 23.9. The van der Waals surface area contributed by atoms with E-state index in [1.807, 2.05) is 0 Å². The van der Waals surface area contributed by atoms with Crippen LogP contribution in [0.15, 0.2) is 54.1 Å². The van der Waals surface area contributed by atoms with Gasteiger partial charge in [0, 0.05) is 6.08 Å². The molecule has 0 aliphatic carbocycles. The molecule has 0 spiro atoms. The zero-order chi connectivity index (χ0) is 21.9. The van der Waals surface area contributed by atoms with Crippen molar-refractivity contribution >= 4 is 24.1 Å². The van der Waals surface area contributed by atoms with Crippen LogP contribution in [0.4, 0.5) is 4.39 Å². The number of nitrogens with zero attached hydrogens (tertiary/aromatic N) is 1. The van der Waals surface area contributed by atoms with Crippen molar-refractivity contribution in [3.8, 4) is 17.6 Å². The quantitative estimate of drug-likeness (QED) is 0.279. The number of hydrogen-bond donors (Lipinski definition) is 0. The van der Waals surface area contributed by atoms with Gasteiger partial charge in [-0.05, 0) is 61.4 Å². The van der Waals surface area contributed by atoms with E-state index in [4.69, 9.17) is 19.5 Å². The standard InChI is InChI=1S/C23H20FNO5/c1-3-28-21-14-17(13-18(15-25)23(27)29-4-2)7-11-20(21)30-22(26)12-8-16-5-9-19(24)10-6-16/h5-14H,3-4H2,1-2H3/b12-8-,18-13+. The molecule has 0 aliphatic heterocycles. The molecule has 0 heterocycles. The number of halogens is 1. The number of benzene rings is 2. The molecule has 0 aromatic heterocycles. The molecule has 0 aliphatic rings. The monoisotopic (exact) mass is 409 g/mol. The summed E-state index contributed by atoms with van der Waals surface area (Å²) in [6.45, 7) is 3.88. The van der Waals surface area contributed by atoms with E-state index < -0.39 is 11.9 Å². The molecule has 0 radical (unpaired) electrons. The van der Waals surface area contributed by atoms with Gasteiger partial charge in [0.1, 0.15) is 17.5 Å². The smallest absolute Gasteiger partial charge is 0.348 e. The average molecular weight is 409 g/mol. The second-order valence-corrected chi connectivity index (χ2v) is 5.84. The Kier molecular flexibility index (Phi) is 8.33. The maximum Gasteiger partial charge on any atom is 0.348 e. The zero-order valence-corrected chi connectivity index (χ0v) is 16.6.